The van der Waals surface area contributed by atoms with Crippen molar-refractivity contribution < 1.29 is 13.9 Å². The third kappa shape index (κ3) is 8.12. The smallest absolute Gasteiger partial charge is 0.135 e. The van der Waals surface area contributed by atoms with Gasteiger partial charge in [-0.1, -0.05) is 12.1 Å². The molecule has 4 rings (SSSR count). The Morgan fingerprint density at radius 3 is 1.77 bits per heavy atom. The summed E-state index contributed by atoms with van der Waals surface area (Å²) in [7, 11) is 0. The first kappa shape index (κ1) is 28.7. The first-order valence-electron chi connectivity index (χ1n) is 14.0. The van der Waals surface area contributed by atoms with Gasteiger partial charge in [0.2, 0.25) is 0 Å². The van der Waals surface area contributed by atoms with E-state index in [2.05, 4.69) is 10.6 Å². The van der Waals surface area contributed by atoms with Gasteiger partial charge in [-0.15, -0.1) is 0 Å². The molecule has 1 aromatic heterocycles. The molecule has 0 fully saturated rings. The van der Waals surface area contributed by atoms with Crippen molar-refractivity contribution in [3.05, 3.63) is 83.9 Å². The van der Waals surface area contributed by atoms with Crippen molar-refractivity contribution in [2.24, 2.45) is 0 Å². The number of fused-ring (bicyclic) bond motifs is 1. The molecule has 0 radical (unpaired) electrons. The van der Waals surface area contributed by atoms with Crippen LogP contribution >= 0.6 is 0 Å². The van der Waals surface area contributed by atoms with Gasteiger partial charge < -0.3 is 24.5 Å². The maximum atomic E-state index is 8.22. The molecule has 40 heavy (non-hydrogen) atoms. The SMILES string of the molecule is CC(C)NC(=N)c1ccc(OCCCCCOc2ccc(-c3cc4ccc(C(=N)NC(C)C)cc4o3)cc2)cc1. The van der Waals surface area contributed by atoms with Crippen molar-refractivity contribution in [1.29, 1.82) is 10.8 Å². The fourth-order valence-corrected chi connectivity index (χ4v) is 4.27. The van der Waals surface area contributed by atoms with Crippen molar-refractivity contribution >= 4 is 22.6 Å². The summed E-state index contributed by atoms with van der Waals surface area (Å²) in [6.07, 6.45) is 2.93. The van der Waals surface area contributed by atoms with Crippen LogP contribution in [0.4, 0.5) is 0 Å². The van der Waals surface area contributed by atoms with E-state index >= 15 is 0 Å². The summed E-state index contributed by atoms with van der Waals surface area (Å²) >= 11 is 0. The molecule has 0 aliphatic rings. The molecule has 0 amide bonds. The lowest BCUT2D eigenvalue weighted by Gasteiger charge is -2.12. The van der Waals surface area contributed by atoms with E-state index in [1.165, 1.54) is 0 Å². The molecule has 0 spiro atoms. The van der Waals surface area contributed by atoms with Crippen LogP contribution in [0, 0.1) is 10.8 Å². The number of amidine groups is 2. The Kier molecular flexibility index (Phi) is 9.84. The fourth-order valence-electron chi connectivity index (χ4n) is 4.27. The molecule has 0 aliphatic carbocycles. The molecule has 3 aromatic carbocycles. The summed E-state index contributed by atoms with van der Waals surface area (Å²) < 4.78 is 17.9. The molecule has 1 heterocycles. The Hall–Kier alpha value is -4.26. The van der Waals surface area contributed by atoms with Crippen molar-refractivity contribution in [2.75, 3.05) is 13.2 Å². The molecule has 0 saturated heterocycles. The van der Waals surface area contributed by atoms with Crippen LogP contribution in [0.5, 0.6) is 11.5 Å². The molecular formula is C33H40N4O3. The maximum absolute atomic E-state index is 8.22. The Morgan fingerprint density at radius 2 is 1.20 bits per heavy atom. The normalized spacial score (nSPS) is 11.2. The Labute approximate surface area is 236 Å². The third-order valence-electron chi connectivity index (χ3n) is 6.28. The second kappa shape index (κ2) is 13.7. The Balaban J connectivity index is 1.17. The van der Waals surface area contributed by atoms with Crippen LogP contribution < -0.4 is 20.1 Å². The molecule has 7 heteroatoms. The quantitative estimate of drug-likeness (QED) is 0.0805. The van der Waals surface area contributed by atoms with Gasteiger partial charge in [0, 0.05) is 34.2 Å². The molecule has 4 N–H and O–H groups in total. The summed E-state index contributed by atoms with van der Waals surface area (Å²) in [5, 5.41) is 23.5. The topological polar surface area (TPSA) is 103 Å². The van der Waals surface area contributed by atoms with E-state index in [1.807, 2.05) is 100 Å². The van der Waals surface area contributed by atoms with Gasteiger partial charge >= 0.3 is 0 Å². The van der Waals surface area contributed by atoms with E-state index in [9.17, 15) is 0 Å². The highest BCUT2D eigenvalue weighted by molar-refractivity contribution is 6.00. The van der Waals surface area contributed by atoms with E-state index in [4.69, 9.17) is 24.7 Å². The van der Waals surface area contributed by atoms with Gasteiger partial charge in [-0.25, -0.2) is 0 Å². The maximum Gasteiger partial charge on any atom is 0.135 e. The number of nitrogens with one attached hydrogen (secondary N) is 4. The van der Waals surface area contributed by atoms with E-state index < -0.39 is 0 Å². The molecule has 210 valence electrons. The van der Waals surface area contributed by atoms with Gasteiger partial charge in [0.1, 0.15) is 34.5 Å². The average molecular weight is 541 g/mol. The Bertz CT molecular complexity index is 1410. The van der Waals surface area contributed by atoms with Crippen molar-refractivity contribution in [2.45, 2.75) is 59.0 Å². The molecule has 4 aromatic rings. The van der Waals surface area contributed by atoms with Gasteiger partial charge in [-0.05, 0) is 108 Å². The second-order valence-corrected chi connectivity index (χ2v) is 10.5. The summed E-state index contributed by atoms with van der Waals surface area (Å²) in [4.78, 5) is 0. The minimum Gasteiger partial charge on any atom is -0.494 e. The molecule has 0 saturated carbocycles. The second-order valence-electron chi connectivity index (χ2n) is 10.5. The highest BCUT2D eigenvalue weighted by atomic mass is 16.5. The molecule has 0 aliphatic heterocycles. The largest absolute Gasteiger partial charge is 0.494 e. The zero-order valence-corrected chi connectivity index (χ0v) is 23.8. The van der Waals surface area contributed by atoms with E-state index in [0.29, 0.717) is 24.9 Å². The van der Waals surface area contributed by atoms with E-state index in [1.54, 1.807) is 0 Å². The van der Waals surface area contributed by atoms with E-state index in [-0.39, 0.29) is 12.1 Å². The van der Waals surface area contributed by atoms with Gasteiger partial charge in [-0.2, -0.15) is 0 Å². The molecular weight excluding hydrogens is 500 g/mol. The van der Waals surface area contributed by atoms with Crippen LogP contribution in [-0.2, 0) is 0 Å². The molecule has 0 unspecified atom stereocenters. The molecule has 0 atom stereocenters. The zero-order chi connectivity index (χ0) is 28.5. The number of unbranched alkanes of at least 4 members (excludes halogenated alkanes) is 2. The van der Waals surface area contributed by atoms with Gasteiger partial charge in [0.25, 0.3) is 0 Å². The summed E-state index contributed by atoms with van der Waals surface area (Å²) in [6.45, 7) is 9.39. The average Bonchev–Trinajstić information content (AvgIpc) is 3.36. The van der Waals surface area contributed by atoms with Gasteiger partial charge in [-0.3, -0.25) is 10.8 Å². The standard InChI is InChI=1S/C33H40N4O3/c1-22(2)36-32(34)25-12-16-29(17-13-25)39-19-7-5-6-18-38-28-14-10-24(11-15-28)30-20-26-8-9-27(21-31(26)40-30)33(35)37-23(3)4/h8-17,20-23H,5-7,18-19H2,1-4H3,(H2,34,36)(H2,35,37). The summed E-state index contributed by atoms with van der Waals surface area (Å²) in [6, 6.07) is 23.9. The van der Waals surface area contributed by atoms with Crippen LogP contribution in [0.2, 0.25) is 0 Å². The minimum absolute atomic E-state index is 0.203. The predicted octanol–water partition coefficient (Wildman–Crippen LogP) is 7.37. The first-order chi connectivity index (χ1) is 19.3. The van der Waals surface area contributed by atoms with Crippen LogP contribution in [0.3, 0.4) is 0 Å². The number of rotatable bonds is 13. The lowest BCUT2D eigenvalue weighted by atomic mass is 10.1. The first-order valence-corrected chi connectivity index (χ1v) is 14.0. The fraction of sp³-hybridized carbons (Fsp3) is 0.333. The number of ether oxygens (including phenoxy) is 2. The van der Waals surface area contributed by atoms with Crippen LogP contribution in [0.1, 0.15) is 58.1 Å². The number of hydrogen-bond donors (Lipinski definition) is 4. The lowest BCUT2D eigenvalue weighted by Crippen LogP contribution is -2.30. The van der Waals surface area contributed by atoms with Crippen LogP contribution in [-0.4, -0.2) is 37.0 Å². The summed E-state index contributed by atoms with van der Waals surface area (Å²) in [5.74, 6) is 3.28. The van der Waals surface area contributed by atoms with Crippen LogP contribution in [0.25, 0.3) is 22.3 Å². The van der Waals surface area contributed by atoms with Crippen molar-refractivity contribution in [3.8, 4) is 22.8 Å². The monoisotopic (exact) mass is 540 g/mol. The number of furan rings is 1. The highest BCUT2D eigenvalue weighted by Crippen LogP contribution is 2.30. The highest BCUT2D eigenvalue weighted by Gasteiger charge is 2.10. The minimum atomic E-state index is 0.203. The zero-order valence-electron chi connectivity index (χ0n) is 23.8. The third-order valence-corrected chi connectivity index (χ3v) is 6.28. The van der Waals surface area contributed by atoms with Crippen LogP contribution in [0.15, 0.2) is 77.2 Å². The predicted molar refractivity (Wildman–Crippen MR) is 163 cm³/mol. The van der Waals surface area contributed by atoms with Gasteiger partial charge in [0.15, 0.2) is 0 Å². The van der Waals surface area contributed by atoms with E-state index in [0.717, 1.165) is 64.2 Å². The molecule has 0 bridgehead atoms. The van der Waals surface area contributed by atoms with Gasteiger partial charge in [0.05, 0.1) is 13.2 Å². The molecule has 7 nitrogen and oxygen atoms in total. The summed E-state index contributed by atoms with van der Waals surface area (Å²) in [5.41, 5.74) is 3.42. The Morgan fingerprint density at radius 1 is 0.675 bits per heavy atom. The number of hydrogen-bond acceptors (Lipinski definition) is 5. The lowest BCUT2D eigenvalue weighted by molar-refractivity contribution is 0.279. The van der Waals surface area contributed by atoms with Crippen molar-refractivity contribution in [3.63, 3.8) is 0 Å². The van der Waals surface area contributed by atoms with Crippen molar-refractivity contribution in [1.82, 2.24) is 10.6 Å². The number of benzene rings is 3.